The summed E-state index contributed by atoms with van der Waals surface area (Å²) in [6, 6.07) is 13.8. The second-order valence-corrected chi connectivity index (χ2v) is 5.71. The largest absolute Gasteiger partial charge is 0.497 e. The monoisotopic (exact) mass is 389 g/mol. The number of carbonyl (C=O) groups excluding carboxylic acids is 1. The number of ether oxygens (including phenoxy) is 1. The molecular formula is C20H18F3N3O2. The fraction of sp³-hybridized carbons (Fsp3) is 0.200. The Bertz CT molecular complexity index is 885. The maximum atomic E-state index is 13.0. The smallest absolute Gasteiger partial charge is 0.418 e. The van der Waals surface area contributed by atoms with E-state index >= 15 is 0 Å². The molecule has 0 spiro atoms. The van der Waals surface area contributed by atoms with E-state index in [2.05, 4.69) is 10.6 Å². The molecule has 28 heavy (non-hydrogen) atoms. The molecule has 2 aromatic rings. The lowest BCUT2D eigenvalue weighted by Crippen LogP contribution is -2.27. The van der Waals surface area contributed by atoms with Crippen LogP contribution in [0.15, 0.2) is 60.3 Å². The van der Waals surface area contributed by atoms with Crippen LogP contribution in [-0.4, -0.2) is 19.6 Å². The van der Waals surface area contributed by atoms with Crippen LogP contribution in [0.1, 0.15) is 11.1 Å². The van der Waals surface area contributed by atoms with Crippen molar-refractivity contribution < 1.29 is 22.7 Å². The molecule has 0 heterocycles. The molecule has 0 aliphatic carbocycles. The van der Waals surface area contributed by atoms with Crippen LogP contribution in [0.25, 0.3) is 0 Å². The molecule has 1 amide bonds. The maximum Gasteiger partial charge on any atom is 0.418 e. The number of carbonyl (C=O) groups is 1. The van der Waals surface area contributed by atoms with Gasteiger partial charge in [0.1, 0.15) is 17.4 Å². The number of hydrogen-bond donors (Lipinski definition) is 2. The summed E-state index contributed by atoms with van der Waals surface area (Å²) in [6.07, 6.45) is -3.06. The van der Waals surface area contributed by atoms with E-state index in [4.69, 9.17) is 10.00 Å². The highest BCUT2D eigenvalue weighted by molar-refractivity contribution is 5.97. The Kier molecular flexibility index (Phi) is 7.04. The number of para-hydroxylation sites is 1. The molecule has 0 unspecified atom stereocenters. The predicted octanol–water partition coefficient (Wildman–Crippen LogP) is 3.89. The molecule has 2 N–H and O–H groups in total. The molecule has 0 saturated carbocycles. The van der Waals surface area contributed by atoms with Crippen molar-refractivity contribution in [2.45, 2.75) is 12.6 Å². The van der Waals surface area contributed by atoms with E-state index in [0.29, 0.717) is 12.2 Å². The summed E-state index contributed by atoms with van der Waals surface area (Å²) in [6.45, 7) is 0.267. The highest BCUT2D eigenvalue weighted by Crippen LogP contribution is 2.34. The number of benzene rings is 2. The number of anilines is 1. The van der Waals surface area contributed by atoms with Gasteiger partial charge in [0, 0.05) is 12.7 Å². The highest BCUT2D eigenvalue weighted by atomic mass is 19.4. The van der Waals surface area contributed by atoms with E-state index in [1.165, 1.54) is 18.2 Å². The number of methoxy groups -OCH3 is 1. The van der Waals surface area contributed by atoms with Crippen LogP contribution in [0, 0.1) is 11.3 Å². The Morgan fingerprint density at radius 2 is 1.86 bits per heavy atom. The van der Waals surface area contributed by atoms with Crippen molar-refractivity contribution >= 4 is 11.6 Å². The van der Waals surface area contributed by atoms with Crippen molar-refractivity contribution in [3.63, 3.8) is 0 Å². The normalized spacial score (nSPS) is 11.5. The van der Waals surface area contributed by atoms with Gasteiger partial charge in [-0.1, -0.05) is 24.3 Å². The molecular weight excluding hydrogens is 371 g/mol. The van der Waals surface area contributed by atoms with E-state index in [1.54, 1.807) is 25.3 Å². The Balaban J connectivity index is 1.97. The fourth-order valence-corrected chi connectivity index (χ4v) is 2.36. The summed E-state index contributed by atoms with van der Waals surface area (Å²) in [5.41, 5.74) is -0.496. The SMILES string of the molecule is COc1ccc(CCNC(=O)/C(C#N)=C\Nc2ccccc2C(F)(F)F)cc1. The van der Waals surface area contributed by atoms with E-state index in [1.807, 2.05) is 12.1 Å². The number of amides is 1. The van der Waals surface area contributed by atoms with Gasteiger partial charge in [-0.3, -0.25) is 4.79 Å². The van der Waals surface area contributed by atoms with Crippen LogP contribution in [0.3, 0.4) is 0 Å². The standard InChI is InChI=1S/C20H18F3N3O2/c1-28-16-8-6-14(7-9-16)10-11-25-19(27)15(12-24)13-26-18-5-3-2-4-17(18)20(21,22)23/h2-9,13,26H,10-11H2,1H3,(H,25,27)/b15-13-. The van der Waals surface area contributed by atoms with Crippen molar-refractivity contribution in [1.82, 2.24) is 5.32 Å². The summed E-state index contributed by atoms with van der Waals surface area (Å²) in [4.78, 5) is 12.1. The summed E-state index contributed by atoms with van der Waals surface area (Å²) >= 11 is 0. The second kappa shape index (κ2) is 9.46. The predicted molar refractivity (Wildman–Crippen MR) is 98.5 cm³/mol. The quantitative estimate of drug-likeness (QED) is 0.557. The van der Waals surface area contributed by atoms with Crippen molar-refractivity contribution in [2.75, 3.05) is 19.0 Å². The molecule has 0 saturated heterocycles. The van der Waals surface area contributed by atoms with Gasteiger partial charge in [-0.05, 0) is 36.2 Å². The van der Waals surface area contributed by atoms with Gasteiger partial charge in [0.15, 0.2) is 0 Å². The van der Waals surface area contributed by atoms with Crippen LogP contribution in [0.5, 0.6) is 5.75 Å². The molecule has 0 fully saturated rings. The Hall–Kier alpha value is -3.47. The van der Waals surface area contributed by atoms with Crippen LogP contribution in [0.4, 0.5) is 18.9 Å². The molecule has 0 bridgehead atoms. The summed E-state index contributed by atoms with van der Waals surface area (Å²) in [5.74, 6) is 0.0423. The van der Waals surface area contributed by atoms with E-state index in [-0.39, 0.29) is 17.8 Å². The molecule has 2 rings (SSSR count). The molecule has 5 nitrogen and oxygen atoms in total. The van der Waals surface area contributed by atoms with Gasteiger partial charge in [0.25, 0.3) is 5.91 Å². The van der Waals surface area contributed by atoms with Gasteiger partial charge in [0.05, 0.1) is 18.4 Å². The first kappa shape index (κ1) is 20.8. The third kappa shape index (κ3) is 5.77. The van der Waals surface area contributed by atoms with Crippen molar-refractivity contribution in [1.29, 1.82) is 5.26 Å². The highest BCUT2D eigenvalue weighted by Gasteiger charge is 2.33. The number of nitrogens with one attached hydrogen (secondary N) is 2. The minimum Gasteiger partial charge on any atom is -0.497 e. The lowest BCUT2D eigenvalue weighted by molar-refractivity contribution is -0.136. The molecule has 0 radical (unpaired) electrons. The number of alkyl halides is 3. The third-order valence-electron chi connectivity index (χ3n) is 3.83. The molecule has 8 heteroatoms. The molecule has 0 aliphatic rings. The summed E-state index contributed by atoms with van der Waals surface area (Å²) < 4.78 is 44.0. The Labute approximate surface area is 160 Å². The summed E-state index contributed by atoms with van der Waals surface area (Å²) in [5, 5.41) is 14.1. The minimum atomic E-state index is -4.55. The van der Waals surface area contributed by atoms with Gasteiger partial charge in [-0.25, -0.2) is 0 Å². The van der Waals surface area contributed by atoms with E-state index in [0.717, 1.165) is 17.8 Å². The molecule has 2 aromatic carbocycles. The van der Waals surface area contributed by atoms with Gasteiger partial charge < -0.3 is 15.4 Å². The minimum absolute atomic E-state index is 0.242. The first-order valence-corrected chi connectivity index (χ1v) is 8.29. The maximum absolute atomic E-state index is 13.0. The number of nitrogens with zero attached hydrogens (tertiary/aromatic N) is 1. The fourth-order valence-electron chi connectivity index (χ4n) is 2.36. The lowest BCUT2D eigenvalue weighted by Gasteiger charge is -2.12. The molecule has 0 atom stereocenters. The molecule has 0 aliphatic heterocycles. The van der Waals surface area contributed by atoms with E-state index < -0.39 is 17.6 Å². The van der Waals surface area contributed by atoms with Crippen LogP contribution in [-0.2, 0) is 17.4 Å². The van der Waals surface area contributed by atoms with Crippen LogP contribution in [0.2, 0.25) is 0 Å². The zero-order valence-electron chi connectivity index (χ0n) is 15.0. The topological polar surface area (TPSA) is 74.1 Å². The lowest BCUT2D eigenvalue weighted by atomic mass is 10.1. The first-order chi connectivity index (χ1) is 13.3. The van der Waals surface area contributed by atoms with Crippen molar-refractivity contribution in [3.8, 4) is 11.8 Å². The van der Waals surface area contributed by atoms with Gasteiger partial charge in [-0.2, -0.15) is 18.4 Å². The zero-order valence-corrected chi connectivity index (χ0v) is 15.0. The molecule has 0 aromatic heterocycles. The average Bonchev–Trinajstić information content (AvgIpc) is 2.68. The van der Waals surface area contributed by atoms with Gasteiger partial charge in [-0.15, -0.1) is 0 Å². The zero-order chi connectivity index (χ0) is 20.6. The van der Waals surface area contributed by atoms with Crippen molar-refractivity contribution in [2.24, 2.45) is 0 Å². The van der Waals surface area contributed by atoms with Crippen LogP contribution >= 0.6 is 0 Å². The molecule has 146 valence electrons. The van der Waals surface area contributed by atoms with Crippen molar-refractivity contribution in [3.05, 3.63) is 71.4 Å². The van der Waals surface area contributed by atoms with Gasteiger partial charge in [0.2, 0.25) is 0 Å². The third-order valence-corrected chi connectivity index (χ3v) is 3.83. The first-order valence-electron chi connectivity index (χ1n) is 8.29. The number of nitriles is 1. The second-order valence-electron chi connectivity index (χ2n) is 5.71. The number of hydrogen-bond acceptors (Lipinski definition) is 4. The average molecular weight is 389 g/mol. The Morgan fingerprint density at radius 3 is 2.46 bits per heavy atom. The van der Waals surface area contributed by atoms with E-state index in [9.17, 15) is 18.0 Å². The number of rotatable bonds is 7. The number of halogens is 3. The van der Waals surface area contributed by atoms with Crippen LogP contribution < -0.4 is 15.4 Å². The van der Waals surface area contributed by atoms with Gasteiger partial charge >= 0.3 is 6.18 Å². The Morgan fingerprint density at radius 1 is 1.18 bits per heavy atom. The summed E-state index contributed by atoms with van der Waals surface area (Å²) in [7, 11) is 1.56.